The smallest absolute Gasteiger partial charge is 0.325 e. The van der Waals surface area contributed by atoms with E-state index in [1.54, 1.807) is 63.0 Å². The van der Waals surface area contributed by atoms with E-state index in [0.29, 0.717) is 22.5 Å². The number of nitrogens with zero attached hydrogens (tertiary/aromatic N) is 2. The summed E-state index contributed by atoms with van der Waals surface area (Å²) in [6, 6.07) is 5.26. The third kappa shape index (κ3) is 4.90. The summed E-state index contributed by atoms with van der Waals surface area (Å²) in [7, 11) is 0. The number of aromatic nitrogens is 2. The Morgan fingerprint density at radius 2 is 2.20 bits per heavy atom. The van der Waals surface area contributed by atoms with Gasteiger partial charge >= 0.3 is 5.97 Å². The Bertz CT molecular complexity index is 746. The van der Waals surface area contributed by atoms with Crippen molar-refractivity contribution >= 4 is 17.9 Å². The maximum absolute atomic E-state index is 11.9. The highest BCUT2D eigenvalue weighted by molar-refractivity contribution is 5.89. The Balaban J connectivity index is 2.31. The molecule has 25 heavy (non-hydrogen) atoms. The second kappa shape index (κ2) is 7.48. The minimum Gasteiger partial charge on any atom is -0.459 e. The number of aliphatic hydroxyl groups is 1. The van der Waals surface area contributed by atoms with Crippen LogP contribution in [0.15, 0.2) is 30.6 Å². The van der Waals surface area contributed by atoms with E-state index in [4.69, 9.17) is 10.1 Å². The maximum atomic E-state index is 11.9. The van der Waals surface area contributed by atoms with Gasteiger partial charge in [-0.15, -0.1) is 0 Å². The molecule has 1 aromatic carbocycles. The molecule has 0 aliphatic rings. The van der Waals surface area contributed by atoms with Crippen LogP contribution in [0, 0.1) is 5.41 Å². The summed E-state index contributed by atoms with van der Waals surface area (Å²) < 4.78 is 6.90. The first-order valence-corrected chi connectivity index (χ1v) is 8.03. The molecule has 7 heteroatoms. The number of nitrogens with one attached hydrogen (secondary N) is 2. The van der Waals surface area contributed by atoms with E-state index >= 15 is 0 Å². The Kier molecular flexibility index (Phi) is 5.58. The van der Waals surface area contributed by atoms with Crippen LogP contribution >= 0.6 is 0 Å². The van der Waals surface area contributed by atoms with Crippen molar-refractivity contribution in [1.29, 1.82) is 5.41 Å². The number of benzene rings is 1. The van der Waals surface area contributed by atoms with Gasteiger partial charge in [-0.3, -0.25) is 4.79 Å². The monoisotopic (exact) mass is 344 g/mol. The molecule has 1 aromatic heterocycles. The fraction of sp³-hybridized carbons (Fsp3) is 0.389. The van der Waals surface area contributed by atoms with E-state index in [2.05, 4.69) is 10.4 Å². The number of carbonyl (C=O) groups is 1. The molecule has 0 radical (unpaired) electrons. The summed E-state index contributed by atoms with van der Waals surface area (Å²) in [4.78, 5) is 11.9. The van der Waals surface area contributed by atoms with Crippen LogP contribution in [0.1, 0.15) is 44.9 Å². The van der Waals surface area contributed by atoms with Crippen LogP contribution in [0.3, 0.4) is 0 Å². The van der Waals surface area contributed by atoms with Crippen molar-refractivity contribution in [2.24, 2.45) is 0 Å². The number of hydrogen-bond acceptors (Lipinski definition) is 6. The molecule has 0 bridgehead atoms. The van der Waals surface area contributed by atoms with Crippen LogP contribution in [0.5, 0.6) is 0 Å². The van der Waals surface area contributed by atoms with Crippen LogP contribution in [-0.4, -0.2) is 39.2 Å². The van der Waals surface area contributed by atoms with Crippen molar-refractivity contribution in [3.8, 4) is 5.69 Å². The molecule has 1 atom stereocenters. The number of rotatable bonds is 6. The summed E-state index contributed by atoms with van der Waals surface area (Å²) in [6.07, 6.45) is 3.87. The van der Waals surface area contributed by atoms with Gasteiger partial charge in [-0.25, -0.2) is 4.68 Å². The zero-order valence-corrected chi connectivity index (χ0v) is 14.9. The van der Waals surface area contributed by atoms with E-state index in [1.807, 2.05) is 0 Å². The molecule has 134 valence electrons. The first-order valence-electron chi connectivity index (χ1n) is 8.03. The van der Waals surface area contributed by atoms with E-state index in [-0.39, 0.29) is 6.54 Å². The largest absolute Gasteiger partial charge is 0.459 e. The summed E-state index contributed by atoms with van der Waals surface area (Å²) in [5.41, 5.74) is 1.92. The average molecular weight is 344 g/mol. The Morgan fingerprint density at radius 1 is 1.48 bits per heavy atom. The second-order valence-electron chi connectivity index (χ2n) is 6.71. The van der Waals surface area contributed by atoms with E-state index < -0.39 is 17.7 Å². The topological polar surface area (TPSA) is 100 Å². The van der Waals surface area contributed by atoms with Crippen molar-refractivity contribution in [2.45, 2.75) is 39.4 Å². The van der Waals surface area contributed by atoms with E-state index in [1.165, 1.54) is 6.21 Å². The molecule has 7 nitrogen and oxygen atoms in total. The Labute approximate surface area is 147 Å². The molecule has 2 aromatic rings. The zero-order chi connectivity index (χ0) is 18.6. The van der Waals surface area contributed by atoms with Crippen LogP contribution in [0.2, 0.25) is 0 Å². The van der Waals surface area contributed by atoms with Gasteiger partial charge in [0.1, 0.15) is 12.1 Å². The molecule has 0 aliphatic heterocycles. The van der Waals surface area contributed by atoms with Crippen LogP contribution in [-0.2, 0) is 9.53 Å². The molecule has 0 amide bonds. The summed E-state index contributed by atoms with van der Waals surface area (Å²) in [5.74, 6) is -0.391. The molecular weight excluding hydrogens is 320 g/mol. The second-order valence-corrected chi connectivity index (χ2v) is 6.71. The summed E-state index contributed by atoms with van der Waals surface area (Å²) in [5, 5.41) is 24.9. The fourth-order valence-corrected chi connectivity index (χ4v) is 2.38. The molecule has 2 rings (SSSR count). The number of anilines is 1. The SMILES string of the molecule is C[C@@H](O)c1cc(NCC(=O)OC(C)(C)C)c(C=N)cc1-n1cccn1. The minimum absolute atomic E-state index is 0.0293. The van der Waals surface area contributed by atoms with Crippen LogP contribution < -0.4 is 5.32 Å². The molecule has 0 unspecified atom stereocenters. The summed E-state index contributed by atoms with van der Waals surface area (Å²) in [6.45, 7) is 7.04. The van der Waals surface area contributed by atoms with Crippen molar-refractivity contribution in [3.05, 3.63) is 41.7 Å². The van der Waals surface area contributed by atoms with Gasteiger partial charge in [0.05, 0.1) is 11.8 Å². The van der Waals surface area contributed by atoms with Crippen LogP contribution in [0.25, 0.3) is 5.69 Å². The molecule has 3 N–H and O–H groups in total. The highest BCUT2D eigenvalue weighted by Gasteiger charge is 2.18. The number of hydrogen-bond donors (Lipinski definition) is 3. The zero-order valence-electron chi connectivity index (χ0n) is 14.9. The Hall–Kier alpha value is -2.67. The lowest BCUT2D eigenvalue weighted by molar-refractivity contribution is -0.152. The lowest BCUT2D eigenvalue weighted by Gasteiger charge is -2.21. The van der Waals surface area contributed by atoms with Crippen LogP contribution in [0.4, 0.5) is 5.69 Å². The van der Waals surface area contributed by atoms with Crippen molar-refractivity contribution in [3.63, 3.8) is 0 Å². The van der Waals surface area contributed by atoms with Gasteiger partial charge in [0.2, 0.25) is 0 Å². The predicted molar refractivity (Wildman–Crippen MR) is 96.4 cm³/mol. The van der Waals surface area contributed by atoms with Gasteiger partial charge in [0, 0.05) is 35.4 Å². The highest BCUT2D eigenvalue weighted by Crippen LogP contribution is 2.28. The standard InChI is InChI=1S/C18H24N4O3/c1-12(23)14-9-15(20-11-17(24)25-18(2,3)4)13(10-19)8-16(14)22-7-5-6-21-22/h5-10,12,19-20,23H,11H2,1-4H3/t12-/m1/s1. The molecule has 1 heterocycles. The van der Waals surface area contributed by atoms with Gasteiger partial charge in [0.25, 0.3) is 0 Å². The van der Waals surface area contributed by atoms with Crippen molar-refractivity contribution in [2.75, 3.05) is 11.9 Å². The van der Waals surface area contributed by atoms with Crippen molar-refractivity contribution in [1.82, 2.24) is 9.78 Å². The Morgan fingerprint density at radius 3 is 2.72 bits per heavy atom. The van der Waals surface area contributed by atoms with Crippen molar-refractivity contribution < 1.29 is 14.6 Å². The lowest BCUT2D eigenvalue weighted by atomic mass is 10.0. The van der Waals surface area contributed by atoms with E-state index in [0.717, 1.165) is 0 Å². The molecule has 0 spiro atoms. The van der Waals surface area contributed by atoms with Gasteiger partial charge in [-0.05, 0) is 45.9 Å². The highest BCUT2D eigenvalue weighted by atomic mass is 16.6. The summed E-state index contributed by atoms with van der Waals surface area (Å²) >= 11 is 0. The number of aliphatic hydroxyl groups excluding tert-OH is 1. The third-order valence-corrected chi connectivity index (χ3v) is 3.40. The average Bonchev–Trinajstić information content (AvgIpc) is 3.04. The van der Waals surface area contributed by atoms with Gasteiger partial charge in [0.15, 0.2) is 0 Å². The maximum Gasteiger partial charge on any atom is 0.325 e. The van der Waals surface area contributed by atoms with E-state index in [9.17, 15) is 9.90 Å². The first-order chi connectivity index (χ1) is 11.7. The third-order valence-electron chi connectivity index (χ3n) is 3.40. The van der Waals surface area contributed by atoms with Gasteiger partial charge in [-0.2, -0.15) is 5.10 Å². The first kappa shape index (κ1) is 18.7. The number of ether oxygens (including phenoxy) is 1. The predicted octanol–water partition coefficient (Wildman–Crippen LogP) is 2.68. The van der Waals surface area contributed by atoms with Gasteiger partial charge < -0.3 is 20.6 Å². The quantitative estimate of drug-likeness (QED) is 0.552. The molecule has 0 saturated carbocycles. The minimum atomic E-state index is -0.735. The normalized spacial score (nSPS) is 12.5. The van der Waals surface area contributed by atoms with Gasteiger partial charge in [-0.1, -0.05) is 0 Å². The molecule has 0 saturated heterocycles. The fourth-order valence-electron chi connectivity index (χ4n) is 2.38. The number of esters is 1. The number of carbonyl (C=O) groups excluding carboxylic acids is 1. The molecule has 0 fully saturated rings. The molecular formula is C18H24N4O3. The molecule has 0 aliphatic carbocycles. The lowest BCUT2D eigenvalue weighted by Crippen LogP contribution is -2.28.